The summed E-state index contributed by atoms with van der Waals surface area (Å²) in [6.07, 6.45) is 2.95. The van der Waals surface area contributed by atoms with Crippen LogP contribution in [0.4, 0.5) is 0 Å². The molecule has 1 unspecified atom stereocenters. The maximum Gasteiger partial charge on any atom is 0.305 e. The van der Waals surface area contributed by atoms with Gasteiger partial charge in [0.05, 0.1) is 11.5 Å². The highest BCUT2D eigenvalue weighted by atomic mass is 79.9. The summed E-state index contributed by atoms with van der Waals surface area (Å²) in [6.45, 7) is 4.67. The second-order valence-electron chi connectivity index (χ2n) is 6.12. The molecule has 1 aliphatic heterocycles. The number of esters is 1. The first-order valence-electron chi connectivity index (χ1n) is 8.56. The van der Waals surface area contributed by atoms with Crippen LogP contribution in [-0.4, -0.2) is 51.6 Å². The number of halogens is 1. The SMILES string of the molecule is CCOC(=O)CCCCN1CCC(NS(=O)(=O)c2ccc(Br)cc2)C1. The third-order valence-electron chi connectivity index (χ3n) is 4.13. The highest BCUT2D eigenvalue weighted by Gasteiger charge is 2.26. The van der Waals surface area contributed by atoms with Crippen LogP contribution in [0.2, 0.25) is 0 Å². The molecule has 6 nitrogen and oxygen atoms in total. The molecule has 0 saturated carbocycles. The van der Waals surface area contributed by atoms with Gasteiger partial charge in [-0.3, -0.25) is 4.79 Å². The first-order valence-corrected chi connectivity index (χ1v) is 10.8. The summed E-state index contributed by atoms with van der Waals surface area (Å²) in [5, 5.41) is 0. The number of carbonyl (C=O) groups is 1. The van der Waals surface area contributed by atoms with Gasteiger partial charge in [0.25, 0.3) is 0 Å². The van der Waals surface area contributed by atoms with E-state index >= 15 is 0 Å². The molecule has 25 heavy (non-hydrogen) atoms. The summed E-state index contributed by atoms with van der Waals surface area (Å²) in [5.74, 6) is -0.149. The van der Waals surface area contributed by atoms with Gasteiger partial charge in [0.15, 0.2) is 0 Å². The van der Waals surface area contributed by atoms with Crippen LogP contribution in [0.25, 0.3) is 0 Å². The summed E-state index contributed by atoms with van der Waals surface area (Å²) < 4.78 is 33.4. The molecule has 0 aliphatic carbocycles. The number of unbranched alkanes of at least 4 members (excludes halogenated alkanes) is 1. The van der Waals surface area contributed by atoms with Crippen LogP contribution in [0.1, 0.15) is 32.6 Å². The predicted octanol–water partition coefficient (Wildman–Crippen LogP) is 2.54. The van der Waals surface area contributed by atoms with Crippen molar-refractivity contribution in [2.24, 2.45) is 0 Å². The van der Waals surface area contributed by atoms with Crippen molar-refractivity contribution in [3.8, 4) is 0 Å². The average molecular weight is 433 g/mol. The van der Waals surface area contributed by atoms with E-state index in [2.05, 4.69) is 25.6 Å². The molecule has 0 spiro atoms. The Bertz CT molecular complexity index is 664. The van der Waals surface area contributed by atoms with Crippen LogP contribution in [0.15, 0.2) is 33.6 Å². The maximum absolute atomic E-state index is 12.4. The lowest BCUT2D eigenvalue weighted by atomic mass is 10.2. The fourth-order valence-electron chi connectivity index (χ4n) is 2.87. The van der Waals surface area contributed by atoms with Crippen LogP contribution < -0.4 is 4.72 Å². The van der Waals surface area contributed by atoms with Crippen LogP contribution >= 0.6 is 15.9 Å². The number of nitrogens with zero attached hydrogens (tertiary/aromatic N) is 1. The lowest BCUT2D eigenvalue weighted by molar-refractivity contribution is -0.143. The smallest absolute Gasteiger partial charge is 0.305 e. The molecule has 0 aromatic heterocycles. The van der Waals surface area contributed by atoms with E-state index in [4.69, 9.17) is 4.74 Å². The summed E-state index contributed by atoms with van der Waals surface area (Å²) in [7, 11) is -3.49. The normalized spacial score (nSPS) is 18.4. The molecule has 8 heteroatoms. The zero-order chi connectivity index (χ0) is 18.3. The van der Waals surface area contributed by atoms with Gasteiger partial charge in [0, 0.05) is 23.5 Å². The Balaban J connectivity index is 1.73. The highest BCUT2D eigenvalue weighted by Crippen LogP contribution is 2.17. The van der Waals surface area contributed by atoms with Crippen LogP contribution in [0, 0.1) is 0 Å². The first kappa shape index (κ1) is 20.4. The van der Waals surface area contributed by atoms with E-state index in [-0.39, 0.29) is 16.9 Å². The minimum atomic E-state index is -3.49. The van der Waals surface area contributed by atoms with Crippen molar-refractivity contribution in [3.63, 3.8) is 0 Å². The van der Waals surface area contributed by atoms with Crippen LogP contribution in [0.5, 0.6) is 0 Å². The maximum atomic E-state index is 12.4. The van der Waals surface area contributed by atoms with E-state index in [1.165, 1.54) is 0 Å². The monoisotopic (exact) mass is 432 g/mol. The summed E-state index contributed by atoms with van der Waals surface area (Å²) in [6, 6.07) is 6.56. The number of ether oxygens (including phenoxy) is 1. The molecule has 1 aliphatic rings. The van der Waals surface area contributed by atoms with Gasteiger partial charge in [-0.2, -0.15) is 0 Å². The number of hydrogen-bond donors (Lipinski definition) is 1. The van der Waals surface area contributed by atoms with Crippen LogP contribution in [0.3, 0.4) is 0 Å². The third kappa shape index (κ3) is 6.69. The third-order valence-corrected chi connectivity index (χ3v) is 6.19. The van der Waals surface area contributed by atoms with Crippen molar-refractivity contribution >= 4 is 31.9 Å². The molecular formula is C17H25BrN2O4S. The molecule has 1 heterocycles. The number of sulfonamides is 1. The van der Waals surface area contributed by atoms with Gasteiger partial charge >= 0.3 is 5.97 Å². The van der Waals surface area contributed by atoms with Gasteiger partial charge < -0.3 is 9.64 Å². The van der Waals surface area contributed by atoms with E-state index in [1.54, 1.807) is 31.2 Å². The largest absolute Gasteiger partial charge is 0.466 e. The van der Waals surface area contributed by atoms with Gasteiger partial charge in [-0.1, -0.05) is 15.9 Å². The van der Waals surface area contributed by atoms with E-state index in [1.807, 2.05) is 0 Å². The number of carbonyl (C=O) groups excluding carboxylic acids is 1. The van der Waals surface area contributed by atoms with Crippen molar-refractivity contribution in [2.75, 3.05) is 26.2 Å². The topological polar surface area (TPSA) is 75.7 Å². The molecule has 0 radical (unpaired) electrons. The fraction of sp³-hybridized carbons (Fsp3) is 0.588. The van der Waals surface area contributed by atoms with Crippen molar-refractivity contribution in [1.82, 2.24) is 9.62 Å². The number of nitrogens with one attached hydrogen (secondary N) is 1. The van der Waals surface area contributed by atoms with Crippen LogP contribution in [-0.2, 0) is 19.6 Å². The van der Waals surface area contributed by atoms with E-state index < -0.39 is 10.0 Å². The fourth-order valence-corrected chi connectivity index (χ4v) is 4.40. The number of likely N-dealkylation sites (tertiary alicyclic amines) is 1. The Labute approximate surface area is 158 Å². The van der Waals surface area contributed by atoms with Gasteiger partial charge in [0.2, 0.25) is 10.0 Å². The molecular weight excluding hydrogens is 408 g/mol. The average Bonchev–Trinajstić information content (AvgIpc) is 2.99. The minimum absolute atomic E-state index is 0.0706. The van der Waals surface area contributed by atoms with Crippen molar-refractivity contribution in [2.45, 2.75) is 43.5 Å². The highest BCUT2D eigenvalue weighted by molar-refractivity contribution is 9.10. The van der Waals surface area contributed by atoms with Crippen molar-refractivity contribution in [3.05, 3.63) is 28.7 Å². The molecule has 1 fully saturated rings. The minimum Gasteiger partial charge on any atom is -0.466 e. The Morgan fingerprint density at radius 3 is 2.72 bits per heavy atom. The molecule has 1 aromatic rings. The molecule has 0 bridgehead atoms. The summed E-state index contributed by atoms with van der Waals surface area (Å²) >= 11 is 3.30. The summed E-state index contributed by atoms with van der Waals surface area (Å²) in [4.78, 5) is 13.8. The predicted molar refractivity (Wildman–Crippen MR) is 99.8 cm³/mol. The Morgan fingerprint density at radius 2 is 2.04 bits per heavy atom. The quantitative estimate of drug-likeness (QED) is 0.479. The van der Waals surface area contributed by atoms with E-state index in [9.17, 15) is 13.2 Å². The molecule has 2 rings (SSSR count). The number of hydrogen-bond acceptors (Lipinski definition) is 5. The standard InChI is InChI=1S/C17H25BrN2O4S/c1-2-24-17(21)5-3-4-11-20-12-10-15(13-20)19-25(22,23)16-8-6-14(18)7-9-16/h6-9,15,19H,2-5,10-13H2,1H3. The van der Waals surface area contributed by atoms with Gasteiger partial charge in [-0.05, 0) is 63.5 Å². The lowest BCUT2D eigenvalue weighted by Gasteiger charge is -2.16. The lowest BCUT2D eigenvalue weighted by Crippen LogP contribution is -2.37. The second-order valence-corrected chi connectivity index (χ2v) is 8.75. The van der Waals surface area contributed by atoms with Gasteiger partial charge in [-0.25, -0.2) is 13.1 Å². The number of rotatable bonds is 9. The molecule has 1 N–H and O–H groups in total. The van der Waals surface area contributed by atoms with Crippen molar-refractivity contribution < 1.29 is 17.9 Å². The molecule has 140 valence electrons. The first-order chi connectivity index (χ1) is 11.9. The molecule has 1 atom stereocenters. The Morgan fingerprint density at radius 1 is 1.32 bits per heavy atom. The zero-order valence-corrected chi connectivity index (χ0v) is 16.8. The van der Waals surface area contributed by atoms with E-state index in [0.29, 0.717) is 19.6 Å². The molecule has 1 saturated heterocycles. The van der Waals surface area contributed by atoms with Gasteiger partial charge in [0.1, 0.15) is 0 Å². The van der Waals surface area contributed by atoms with Crippen molar-refractivity contribution in [1.29, 1.82) is 0 Å². The van der Waals surface area contributed by atoms with E-state index in [0.717, 1.165) is 36.8 Å². The zero-order valence-electron chi connectivity index (χ0n) is 14.4. The molecule has 0 amide bonds. The van der Waals surface area contributed by atoms with Gasteiger partial charge in [-0.15, -0.1) is 0 Å². The number of benzene rings is 1. The Hall–Kier alpha value is -0.960. The Kier molecular flexibility index (Phi) is 7.86. The molecule has 1 aromatic carbocycles. The summed E-state index contributed by atoms with van der Waals surface area (Å²) in [5.41, 5.74) is 0. The second kappa shape index (κ2) is 9.66.